The van der Waals surface area contributed by atoms with Crippen molar-refractivity contribution in [3.8, 4) is 22.8 Å². The Balaban J connectivity index is 1.89. The Kier molecular flexibility index (Phi) is 5.33. The molecule has 6 heteroatoms. The zero-order chi connectivity index (χ0) is 22.3. The summed E-state index contributed by atoms with van der Waals surface area (Å²) in [5, 5.41) is 21.2. The number of aromatic hydroxyl groups is 1. The zero-order valence-electron chi connectivity index (χ0n) is 17.9. The number of aromatic nitrogens is 1. The molecule has 0 aliphatic heterocycles. The number of aryl methyl sites for hydroxylation is 1. The van der Waals surface area contributed by atoms with Gasteiger partial charge in [0.05, 0.1) is 5.69 Å². The lowest BCUT2D eigenvalue weighted by Gasteiger charge is -2.37. The van der Waals surface area contributed by atoms with Crippen LogP contribution in [0.5, 0.6) is 11.6 Å². The number of hydrogen-bond donors (Lipinski definition) is 2. The molecule has 4 rings (SSSR count). The lowest BCUT2D eigenvalue weighted by molar-refractivity contribution is -0.157. The third kappa shape index (κ3) is 3.71. The number of pyridine rings is 1. The van der Waals surface area contributed by atoms with Crippen molar-refractivity contribution in [2.24, 2.45) is 5.41 Å². The summed E-state index contributed by atoms with van der Waals surface area (Å²) >= 11 is 0. The largest absolute Gasteiger partial charge is 0.508 e. The molecular weight excluding hydrogens is 397 g/mol. The molecule has 0 radical (unpaired) electrons. The normalized spacial score (nSPS) is 15.1. The number of benzene rings is 2. The number of carboxylic acids is 1. The van der Waals surface area contributed by atoms with Gasteiger partial charge in [0, 0.05) is 10.9 Å². The van der Waals surface area contributed by atoms with Gasteiger partial charge in [-0.1, -0.05) is 26.3 Å². The first-order valence-electron chi connectivity index (χ1n) is 10.5. The minimum absolute atomic E-state index is 0.0344. The number of carbonyl (C=O) groups is 1. The van der Waals surface area contributed by atoms with Gasteiger partial charge in [-0.15, -0.1) is 0 Å². The summed E-state index contributed by atoms with van der Waals surface area (Å²) in [5.41, 5.74) is 2.12. The lowest BCUT2D eigenvalue weighted by Crippen LogP contribution is -2.43. The van der Waals surface area contributed by atoms with Crippen LogP contribution in [0.2, 0.25) is 0 Å². The van der Waals surface area contributed by atoms with Crippen LogP contribution in [0.25, 0.3) is 21.9 Å². The highest BCUT2D eigenvalue weighted by molar-refractivity contribution is 6.01. The Labute approximate surface area is 180 Å². The topological polar surface area (TPSA) is 79.7 Å². The molecule has 1 aliphatic rings. The average molecular weight is 423 g/mol. The van der Waals surface area contributed by atoms with Crippen molar-refractivity contribution in [2.45, 2.75) is 46.0 Å². The summed E-state index contributed by atoms with van der Waals surface area (Å²) in [6, 6.07) is 9.94. The molecule has 1 aromatic heterocycles. The maximum Gasteiger partial charge on any atom is 0.313 e. The molecular formula is C25H26FNO4. The Morgan fingerprint density at radius 1 is 1.19 bits per heavy atom. The van der Waals surface area contributed by atoms with Crippen LogP contribution in [0, 0.1) is 18.2 Å². The minimum Gasteiger partial charge on any atom is -0.508 e. The van der Waals surface area contributed by atoms with E-state index < -0.39 is 11.4 Å². The Morgan fingerprint density at radius 2 is 1.94 bits per heavy atom. The highest BCUT2D eigenvalue weighted by Gasteiger charge is 2.45. The zero-order valence-corrected chi connectivity index (χ0v) is 17.9. The molecule has 0 bridgehead atoms. The van der Waals surface area contributed by atoms with Gasteiger partial charge in [-0.05, 0) is 72.5 Å². The van der Waals surface area contributed by atoms with Gasteiger partial charge >= 0.3 is 5.97 Å². The SMILES string of the molecule is Cc1cc(-c2c(C(C)C)nc(OCC3(C(=O)O)CCC3)c3cc(O)ccc23)ccc1F. The van der Waals surface area contributed by atoms with Crippen molar-refractivity contribution in [3.05, 3.63) is 53.5 Å². The van der Waals surface area contributed by atoms with Gasteiger partial charge in [0.15, 0.2) is 0 Å². The van der Waals surface area contributed by atoms with Gasteiger partial charge in [-0.25, -0.2) is 9.37 Å². The molecule has 1 aliphatic carbocycles. The van der Waals surface area contributed by atoms with E-state index in [1.807, 2.05) is 13.8 Å². The van der Waals surface area contributed by atoms with Gasteiger partial charge in [-0.2, -0.15) is 0 Å². The third-order valence-corrected chi connectivity index (χ3v) is 6.22. The predicted molar refractivity (Wildman–Crippen MR) is 117 cm³/mol. The van der Waals surface area contributed by atoms with Gasteiger partial charge in [0.25, 0.3) is 0 Å². The minimum atomic E-state index is -0.879. The Morgan fingerprint density at radius 3 is 2.52 bits per heavy atom. The molecule has 1 heterocycles. The summed E-state index contributed by atoms with van der Waals surface area (Å²) in [4.78, 5) is 16.5. The molecule has 31 heavy (non-hydrogen) atoms. The monoisotopic (exact) mass is 423 g/mol. The molecule has 0 saturated heterocycles. The van der Waals surface area contributed by atoms with E-state index in [0.29, 0.717) is 29.7 Å². The summed E-state index contributed by atoms with van der Waals surface area (Å²) in [6.45, 7) is 5.79. The maximum absolute atomic E-state index is 13.9. The van der Waals surface area contributed by atoms with E-state index in [0.717, 1.165) is 28.6 Å². The van der Waals surface area contributed by atoms with Crippen molar-refractivity contribution in [1.29, 1.82) is 0 Å². The molecule has 0 unspecified atom stereocenters. The van der Waals surface area contributed by atoms with E-state index >= 15 is 0 Å². The van der Waals surface area contributed by atoms with E-state index in [1.165, 1.54) is 6.07 Å². The fourth-order valence-corrected chi connectivity index (χ4v) is 4.15. The average Bonchev–Trinajstić information content (AvgIpc) is 2.68. The van der Waals surface area contributed by atoms with Crippen molar-refractivity contribution in [2.75, 3.05) is 6.61 Å². The van der Waals surface area contributed by atoms with E-state index in [1.54, 1.807) is 37.3 Å². The number of carboxylic acid groups (broad SMARTS) is 1. The third-order valence-electron chi connectivity index (χ3n) is 6.22. The van der Waals surface area contributed by atoms with Gasteiger partial charge < -0.3 is 14.9 Å². The molecule has 162 valence electrons. The number of halogens is 1. The van der Waals surface area contributed by atoms with Crippen LogP contribution in [-0.2, 0) is 4.79 Å². The van der Waals surface area contributed by atoms with E-state index in [2.05, 4.69) is 0 Å². The van der Waals surface area contributed by atoms with Crippen LogP contribution in [-0.4, -0.2) is 27.8 Å². The van der Waals surface area contributed by atoms with Crippen LogP contribution in [0.3, 0.4) is 0 Å². The number of nitrogens with zero attached hydrogens (tertiary/aromatic N) is 1. The second-order valence-corrected chi connectivity index (χ2v) is 8.75. The maximum atomic E-state index is 13.9. The highest BCUT2D eigenvalue weighted by atomic mass is 19.1. The van der Waals surface area contributed by atoms with E-state index in [9.17, 15) is 19.4 Å². The second-order valence-electron chi connectivity index (χ2n) is 8.75. The number of fused-ring (bicyclic) bond motifs is 1. The number of phenolic OH excluding ortho intramolecular Hbond substituents is 1. The van der Waals surface area contributed by atoms with E-state index in [-0.39, 0.29) is 24.1 Å². The molecule has 1 saturated carbocycles. The van der Waals surface area contributed by atoms with Crippen molar-refractivity contribution >= 4 is 16.7 Å². The first-order chi connectivity index (χ1) is 14.7. The summed E-state index contributed by atoms with van der Waals surface area (Å²) < 4.78 is 19.9. The summed E-state index contributed by atoms with van der Waals surface area (Å²) in [5.74, 6) is -0.713. The van der Waals surface area contributed by atoms with Crippen molar-refractivity contribution < 1.29 is 24.1 Å². The number of ether oxygens (including phenoxy) is 1. The second kappa shape index (κ2) is 7.84. The van der Waals surface area contributed by atoms with Gasteiger partial charge in [-0.3, -0.25) is 4.79 Å². The fourth-order valence-electron chi connectivity index (χ4n) is 4.15. The molecule has 2 N–H and O–H groups in total. The number of rotatable bonds is 6. The Hall–Kier alpha value is -3.15. The van der Waals surface area contributed by atoms with E-state index in [4.69, 9.17) is 9.72 Å². The van der Waals surface area contributed by atoms with Crippen molar-refractivity contribution in [3.63, 3.8) is 0 Å². The molecule has 3 aromatic rings. The molecule has 2 aromatic carbocycles. The number of hydrogen-bond acceptors (Lipinski definition) is 4. The molecule has 0 spiro atoms. The standard InChI is InChI=1S/C25H26FNO4/c1-14(2)22-21(16-5-8-20(26)15(3)11-16)18-7-6-17(28)12-19(18)23(27-22)31-13-25(24(29)30)9-4-10-25/h5-8,11-12,14,28H,4,9-10,13H2,1-3H3,(H,29,30). The molecule has 0 atom stereocenters. The Bertz CT molecular complexity index is 1170. The first kappa shape index (κ1) is 21.1. The van der Waals surface area contributed by atoms with Crippen LogP contribution in [0.4, 0.5) is 4.39 Å². The van der Waals surface area contributed by atoms with Gasteiger partial charge in [0.1, 0.15) is 23.6 Å². The van der Waals surface area contributed by atoms with Crippen LogP contribution in [0.15, 0.2) is 36.4 Å². The van der Waals surface area contributed by atoms with Crippen LogP contribution < -0.4 is 4.74 Å². The van der Waals surface area contributed by atoms with Crippen LogP contribution in [0.1, 0.15) is 50.3 Å². The molecule has 0 amide bonds. The number of phenols is 1. The van der Waals surface area contributed by atoms with Crippen LogP contribution >= 0.6 is 0 Å². The molecule has 5 nitrogen and oxygen atoms in total. The summed E-state index contributed by atoms with van der Waals surface area (Å²) in [6.07, 6.45) is 2.02. The van der Waals surface area contributed by atoms with Gasteiger partial charge in [0.2, 0.25) is 5.88 Å². The highest BCUT2D eigenvalue weighted by Crippen LogP contribution is 2.44. The quantitative estimate of drug-likeness (QED) is 0.523. The summed E-state index contributed by atoms with van der Waals surface area (Å²) in [7, 11) is 0. The first-order valence-corrected chi connectivity index (χ1v) is 10.5. The molecule has 1 fully saturated rings. The number of aliphatic carboxylic acids is 1. The fraction of sp³-hybridized carbons (Fsp3) is 0.360. The predicted octanol–water partition coefficient (Wildman–Crippen LogP) is 5.81. The lowest BCUT2D eigenvalue weighted by atomic mass is 9.69. The van der Waals surface area contributed by atoms with Crippen molar-refractivity contribution in [1.82, 2.24) is 4.98 Å². The smallest absolute Gasteiger partial charge is 0.313 e.